The molecule has 5 nitrogen and oxygen atoms in total. The van der Waals surface area contributed by atoms with Gasteiger partial charge in [-0.2, -0.15) is 0 Å². The van der Waals surface area contributed by atoms with Crippen molar-refractivity contribution in [2.24, 2.45) is 0 Å². The molecule has 0 spiro atoms. The molecule has 0 aliphatic rings. The van der Waals surface area contributed by atoms with E-state index in [4.69, 9.17) is 4.98 Å². The lowest BCUT2D eigenvalue weighted by atomic mass is 10.2. The number of amides is 1. The first kappa shape index (κ1) is 18.0. The van der Waals surface area contributed by atoms with Crippen LogP contribution in [0.25, 0.3) is 10.2 Å². The lowest BCUT2D eigenvalue weighted by Crippen LogP contribution is -2.31. The van der Waals surface area contributed by atoms with Gasteiger partial charge in [-0.25, -0.2) is 4.98 Å². The number of aromatic nitrogens is 2. The predicted molar refractivity (Wildman–Crippen MR) is 97.8 cm³/mol. The maximum Gasteiger partial charge on any atom is 0.263 e. The molecule has 0 fully saturated rings. The van der Waals surface area contributed by atoms with E-state index >= 15 is 0 Å². The minimum atomic E-state index is -0.290. The third-order valence-electron chi connectivity index (χ3n) is 3.79. The predicted octanol–water partition coefficient (Wildman–Crippen LogP) is 3.22. The maximum atomic E-state index is 12.9. The number of thiophene rings is 1. The van der Waals surface area contributed by atoms with E-state index in [2.05, 4.69) is 0 Å². The minimum absolute atomic E-state index is 0.0110. The van der Waals surface area contributed by atoms with Crippen molar-refractivity contribution in [2.75, 3.05) is 14.1 Å². The molecule has 126 valence electrons. The van der Waals surface area contributed by atoms with E-state index in [-0.39, 0.29) is 22.8 Å². The third-order valence-corrected chi connectivity index (χ3v) is 5.94. The number of thioether (sulfide) groups is 1. The average Bonchev–Trinajstić information content (AvgIpc) is 2.72. The standard InChI is InChI=1S/C16H23N3O2S2/c1-8(2)19-15(21)12-9(3)10(4)22-13(12)17-16(19)23-11(5)14(20)18(6)7/h8,11H,1-7H3. The summed E-state index contributed by atoms with van der Waals surface area (Å²) in [6.45, 7) is 9.75. The van der Waals surface area contributed by atoms with Crippen LogP contribution in [-0.2, 0) is 4.79 Å². The maximum absolute atomic E-state index is 12.9. The highest BCUT2D eigenvalue weighted by Crippen LogP contribution is 2.31. The Morgan fingerprint density at radius 3 is 2.39 bits per heavy atom. The van der Waals surface area contributed by atoms with Crippen molar-refractivity contribution >= 4 is 39.2 Å². The summed E-state index contributed by atoms with van der Waals surface area (Å²) in [5.41, 5.74) is 0.990. The molecule has 7 heteroatoms. The van der Waals surface area contributed by atoms with Gasteiger partial charge in [0.1, 0.15) is 4.83 Å². The summed E-state index contributed by atoms with van der Waals surface area (Å²) in [6.07, 6.45) is 0. The molecule has 0 aliphatic heterocycles. The Bertz CT molecular complexity index is 806. The number of aryl methyl sites for hydroxylation is 2. The number of hydrogen-bond acceptors (Lipinski definition) is 5. The van der Waals surface area contributed by atoms with Crippen LogP contribution < -0.4 is 5.56 Å². The van der Waals surface area contributed by atoms with Crippen molar-refractivity contribution in [3.63, 3.8) is 0 Å². The Kier molecular flexibility index (Phi) is 5.20. The van der Waals surface area contributed by atoms with Crippen molar-refractivity contribution in [3.8, 4) is 0 Å². The molecule has 2 aromatic rings. The molecule has 0 saturated heterocycles. The second kappa shape index (κ2) is 6.65. The van der Waals surface area contributed by atoms with Crippen LogP contribution in [0.2, 0.25) is 0 Å². The number of rotatable bonds is 4. The first-order valence-electron chi connectivity index (χ1n) is 7.55. The number of carbonyl (C=O) groups excluding carboxylic acids is 1. The van der Waals surface area contributed by atoms with Crippen molar-refractivity contribution in [2.45, 2.75) is 51.1 Å². The lowest BCUT2D eigenvalue weighted by molar-refractivity contribution is -0.127. The van der Waals surface area contributed by atoms with E-state index in [9.17, 15) is 9.59 Å². The molecule has 1 unspecified atom stereocenters. The molecular formula is C16H23N3O2S2. The van der Waals surface area contributed by atoms with Crippen molar-refractivity contribution in [1.82, 2.24) is 14.5 Å². The zero-order valence-electron chi connectivity index (χ0n) is 14.6. The van der Waals surface area contributed by atoms with Crippen molar-refractivity contribution in [1.29, 1.82) is 0 Å². The summed E-state index contributed by atoms with van der Waals surface area (Å²) in [4.78, 5) is 33.2. The van der Waals surface area contributed by atoms with Gasteiger partial charge in [0.05, 0.1) is 10.6 Å². The van der Waals surface area contributed by atoms with Crippen LogP contribution in [0.3, 0.4) is 0 Å². The molecule has 0 aromatic carbocycles. The van der Waals surface area contributed by atoms with Gasteiger partial charge in [0.25, 0.3) is 5.56 Å². The highest BCUT2D eigenvalue weighted by atomic mass is 32.2. The van der Waals surface area contributed by atoms with Gasteiger partial charge in [0.2, 0.25) is 5.91 Å². The van der Waals surface area contributed by atoms with Crippen LogP contribution >= 0.6 is 23.1 Å². The summed E-state index contributed by atoms with van der Waals surface area (Å²) in [7, 11) is 3.47. The molecule has 1 amide bonds. The summed E-state index contributed by atoms with van der Waals surface area (Å²) < 4.78 is 1.70. The van der Waals surface area contributed by atoms with Gasteiger partial charge in [0.15, 0.2) is 5.16 Å². The van der Waals surface area contributed by atoms with E-state index in [1.54, 1.807) is 23.6 Å². The van der Waals surface area contributed by atoms with Gasteiger partial charge in [-0.3, -0.25) is 14.2 Å². The Morgan fingerprint density at radius 2 is 1.87 bits per heavy atom. The Morgan fingerprint density at radius 1 is 1.26 bits per heavy atom. The zero-order chi connectivity index (χ0) is 17.5. The SMILES string of the molecule is Cc1sc2nc(SC(C)C(=O)N(C)C)n(C(C)C)c(=O)c2c1C. The normalized spacial score (nSPS) is 12.9. The molecule has 1 atom stereocenters. The van der Waals surface area contributed by atoms with E-state index < -0.39 is 0 Å². The van der Waals surface area contributed by atoms with E-state index in [0.29, 0.717) is 10.5 Å². The second-order valence-electron chi connectivity index (χ2n) is 6.12. The Balaban J connectivity index is 2.61. The third kappa shape index (κ3) is 3.30. The highest BCUT2D eigenvalue weighted by molar-refractivity contribution is 8.00. The van der Waals surface area contributed by atoms with Crippen LogP contribution in [0.1, 0.15) is 37.3 Å². The van der Waals surface area contributed by atoms with Crippen LogP contribution in [0.5, 0.6) is 0 Å². The highest BCUT2D eigenvalue weighted by Gasteiger charge is 2.23. The number of carbonyl (C=O) groups is 1. The van der Waals surface area contributed by atoms with Crippen LogP contribution in [0, 0.1) is 13.8 Å². The quantitative estimate of drug-likeness (QED) is 0.625. The summed E-state index contributed by atoms with van der Waals surface area (Å²) in [5, 5.41) is 1.03. The number of fused-ring (bicyclic) bond motifs is 1. The second-order valence-corrected chi connectivity index (χ2v) is 8.63. The van der Waals surface area contributed by atoms with E-state index in [1.807, 2.05) is 34.6 Å². The van der Waals surface area contributed by atoms with Gasteiger partial charge < -0.3 is 4.90 Å². The topological polar surface area (TPSA) is 55.2 Å². The zero-order valence-corrected chi connectivity index (χ0v) is 16.3. The molecule has 2 rings (SSSR count). The molecule has 0 radical (unpaired) electrons. The summed E-state index contributed by atoms with van der Waals surface area (Å²) >= 11 is 2.88. The van der Waals surface area contributed by atoms with Gasteiger partial charge in [-0.05, 0) is 40.2 Å². The fourth-order valence-corrected chi connectivity index (χ4v) is 4.66. The number of nitrogens with zero attached hydrogens (tertiary/aromatic N) is 3. The van der Waals surface area contributed by atoms with E-state index in [0.717, 1.165) is 15.3 Å². The smallest absolute Gasteiger partial charge is 0.263 e. The average molecular weight is 354 g/mol. The fourth-order valence-electron chi connectivity index (χ4n) is 2.40. The molecule has 2 heterocycles. The van der Waals surface area contributed by atoms with Gasteiger partial charge >= 0.3 is 0 Å². The van der Waals surface area contributed by atoms with Crippen LogP contribution in [0.15, 0.2) is 9.95 Å². The molecule has 0 N–H and O–H groups in total. The molecule has 0 aliphatic carbocycles. The van der Waals surface area contributed by atoms with Crippen LogP contribution in [-0.4, -0.2) is 39.7 Å². The van der Waals surface area contributed by atoms with Gasteiger partial charge in [-0.1, -0.05) is 11.8 Å². The summed E-state index contributed by atoms with van der Waals surface area (Å²) in [6, 6.07) is -0.0110. The molecule has 0 bridgehead atoms. The van der Waals surface area contributed by atoms with Gasteiger partial charge in [0, 0.05) is 25.0 Å². The molecule has 0 saturated carbocycles. The molecule has 2 aromatic heterocycles. The fraction of sp³-hybridized carbons (Fsp3) is 0.562. The molecule has 23 heavy (non-hydrogen) atoms. The van der Waals surface area contributed by atoms with Crippen molar-refractivity contribution in [3.05, 3.63) is 20.8 Å². The Labute approximate surface area is 144 Å². The minimum Gasteiger partial charge on any atom is -0.348 e. The summed E-state index contributed by atoms with van der Waals surface area (Å²) in [5.74, 6) is 0.0122. The first-order chi connectivity index (χ1) is 10.6. The lowest BCUT2D eigenvalue weighted by Gasteiger charge is -2.19. The monoisotopic (exact) mass is 353 g/mol. The van der Waals surface area contributed by atoms with E-state index in [1.165, 1.54) is 23.1 Å². The van der Waals surface area contributed by atoms with Crippen molar-refractivity contribution < 1.29 is 4.79 Å². The number of hydrogen-bond donors (Lipinski definition) is 0. The van der Waals surface area contributed by atoms with Gasteiger partial charge in [-0.15, -0.1) is 11.3 Å². The first-order valence-corrected chi connectivity index (χ1v) is 9.24. The van der Waals surface area contributed by atoms with Crippen LogP contribution in [0.4, 0.5) is 0 Å². The molecular weight excluding hydrogens is 330 g/mol. The largest absolute Gasteiger partial charge is 0.348 e. The Hall–Kier alpha value is -1.34.